The topological polar surface area (TPSA) is 81.2 Å². The van der Waals surface area contributed by atoms with E-state index in [1.165, 1.54) is 0 Å². The van der Waals surface area contributed by atoms with Gasteiger partial charge >= 0.3 is 0 Å². The maximum atomic E-state index is 14.8. The first kappa shape index (κ1) is 32.8. The number of halogens is 2. The van der Waals surface area contributed by atoms with Crippen molar-refractivity contribution in [2.24, 2.45) is 11.8 Å². The van der Waals surface area contributed by atoms with Crippen LogP contribution in [0.5, 0.6) is 0 Å². The molecule has 0 aliphatic carbocycles. The van der Waals surface area contributed by atoms with Crippen molar-refractivity contribution < 1.29 is 19.5 Å². The second kappa shape index (κ2) is 14.2. The normalized spacial score (nSPS) is 26.8. The fraction of sp³-hybridized carbons (Fsp3) is 0.441. The summed E-state index contributed by atoms with van der Waals surface area (Å²) in [5, 5.41) is 9.52. The van der Waals surface area contributed by atoms with E-state index in [0.717, 1.165) is 18.5 Å². The van der Waals surface area contributed by atoms with Gasteiger partial charge in [0.25, 0.3) is 5.91 Å². The van der Waals surface area contributed by atoms with Crippen molar-refractivity contribution >= 4 is 68.4 Å². The number of aliphatic hydroxyl groups excluding tert-OH is 1. The number of likely N-dealkylation sites (tertiary alicyclic amines) is 1. The number of fused-ring (bicyclic) bond motifs is 1. The van der Waals surface area contributed by atoms with Crippen molar-refractivity contribution in [1.29, 1.82) is 0 Å². The van der Waals surface area contributed by atoms with E-state index in [4.69, 9.17) is 11.6 Å². The standard InChI is InChI=1S/C34H39BrClN3O4S/c1-3-18-37(23-14-8-7-9-15-23)31(41)27-28-32(42)39(20-12-5-6-13-21-40)30(34(28)22-24(35)29(27)44-34)33(43)38(19-4-2)26-17-11-10-16-25(26)36/h3-4,7-11,14-17,24,27-30,40H,1-2,5-6,12-13,18-22H2/t24?,27-,28+,29-,30?,34?/m1/s1. The van der Waals surface area contributed by atoms with Gasteiger partial charge < -0.3 is 19.8 Å². The Kier molecular flexibility index (Phi) is 10.6. The smallest absolute Gasteiger partial charge is 0.251 e. The molecule has 2 bridgehead atoms. The SMILES string of the molecule is C=CCN(C(=O)[C@H]1[C@@H]2SC3(CC2Br)C(C(=O)N(CC=C)c2ccccc2Cl)N(CCCCCCO)C(=O)[C@H]13)c1ccccc1. The summed E-state index contributed by atoms with van der Waals surface area (Å²) in [5.74, 6) is -1.71. The molecule has 3 aliphatic heterocycles. The summed E-state index contributed by atoms with van der Waals surface area (Å²) in [6.07, 6.45) is 7.01. The molecule has 0 radical (unpaired) electrons. The van der Waals surface area contributed by atoms with Crippen LogP contribution in [-0.2, 0) is 14.4 Å². The molecule has 3 amide bonds. The number of benzene rings is 2. The molecule has 234 valence electrons. The van der Waals surface area contributed by atoms with Crippen molar-refractivity contribution in [1.82, 2.24) is 4.90 Å². The minimum Gasteiger partial charge on any atom is -0.396 e. The number of thioether (sulfide) groups is 1. The number of aliphatic hydroxyl groups is 1. The van der Waals surface area contributed by atoms with Gasteiger partial charge in [-0.15, -0.1) is 24.9 Å². The van der Waals surface area contributed by atoms with E-state index in [2.05, 4.69) is 29.1 Å². The van der Waals surface area contributed by atoms with Crippen LogP contribution in [0.1, 0.15) is 32.1 Å². The number of carbonyl (C=O) groups is 3. The molecule has 2 aromatic rings. The largest absolute Gasteiger partial charge is 0.396 e. The first-order chi connectivity index (χ1) is 21.3. The molecule has 5 rings (SSSR count). The van der Waals surface area contributed by atoms with E-state index < -0.39 is 22.6 Å². The highest BCUT2D eigenvalue weighted by Crippen LogP contribution is 2.68. The van der Waals surface area contributed by atoms with Gasteiger partial charge in [-0.25, -0.2) is 0 Å². The summed E-state index contributed by atoms with van der Waals surface area (Å²) < 4.78 is -0.782. The van der Waals surface area contributed by atoms with E-state index >= 15 is 0 Å². The van der Waals surface area contributed by atoms with Gasteiger partial charge in [-0.3, -0.25) is 14.4 Å². The lowest BCUT2D eigenvalue weighted by Crippen LogP contribution is -2.56. The van der Waals surface area contributed by atoms with E-state index in [-0.39, 0.29) is 41.0 Å². The van der Waals surface area contributed by atoms with Gasteiger partial charge in [0.05, 0.1) is 27.3 Å². The third kappa shape index (κ3) is 5.88. The zero-order valence-electron chi connectivity index (χ0n) is 24.7. The molecule has 2 aromatic carbocycles. The summed E-state index contributed by atoms with van der Waals surface area (Å²) in [7, 11) is 0. The van der Waals surface area contributed by atoms with Gasteiger partial charge in [0.2, 0.25) is 11.8 Å². The summed E-state index contributed by atoms with van der Waals surface area (Å²) >= 11 is 12.1. The number of para-hydroxylation sites is 2. The van der Waals surface area contributed by atoms with E-state index in [9.17, 15) is 19.5 Å². The maximum Gasteiger partial charge on any atom is 0.251 e. The number of unbranched alkanes of at least 4 members (excludes halogenated alkanes) is 3. The number of rotatable bonds is 14. The van der Waals surface area contributed by atoms with Gasteiger partial charge in [-0.1, -0.05) is 82.9 Å². The number of anilines is 2. The highest BCUT2D eigenvalue weighted by Gasteiger charge is 2.76. The molecule has 3 unspecified atom stereocenters. The van der Waals surface area contributed by atoms with Gasteiger partial charge in [0.1, 0.15) is 6.04 Å². The van der Waals surface area contributed by atoms with Crippen LogP contribution < -0.4 is 9.80 Å². The molecule has 0 aromatic heterocycles. The zero-order chi connectivity index (χ0) is 31.4. The number of nitrogens with zero attached hydrogens (tertiary/aromatic N) is 3. The van der Waals surface area contributed by atoms with Crippen LogP contribution in [0.4, 0.5) is 11.4 Å². The van der Waals surface area contributed by atoms with Crippen LogP contribution in [0.2, 0.25) is 5.02 Å². The fourth-order valence-corrected chi connectivity index (χ4v) is 11.0. The van der Waals surface area contributed by atoms with Crippen molar-refractivity contribution in [2.45, 2.75) is 53.0 Å². The summed E-state index contributed by atoms with van der Waals surface area (Å²) in [6, 6.07) is 15.9. The van der Waals surface area contributed by atoms with Crippen molar-refractivity contribution in [2.75, 3.05) is 36.0 Å². The highest BCUT2D eigenvalue weighted by atomic mass is 79.9. The Morgan fingerprint density at radius 3 is 2.34 bits per heavy atom. The Balaban J connectivity index is 1.56. The van der Waals surface area contributed by atoms with Gasteiger partial charge in [-0.05, 0) is 43.5 Å². The molecule has 6 atom stereocenters. The molecular formula is C34H39BrClN3O4S. The molecule has 3 fully saturated rings. The maximum absolute atomic E-state index is 14.8. The Labute approximate surface area is 277 Å². The lowest BCUT2D eigenvalue weighted by atomic mass is 9.70. The summed E-state index contributed by atoms with van der Waals surface area (Å²) in [4.78, 5) is 48.9. The number of carbonyl (C=O) groups excluding carboxylic acids is 3. The Morgan fingerprint density at radius 2 is 1.66 bits per heavy atom. The number of amides is 3. The second-order valence-electron chi connectivity index (χ2n) is 11.6. The molecule has 44 heavy (non-hydrogen) atoms. The quantitative estimate of drug-likeness (QED) is 0.147. The number of hydrogen-bond donors (Lipinski definition) is 1. The van der Waals surface area contributed by atoms with Crippen LogP contribution >= 0.6 is 39.3 Å². The predicted molar refractivity (Wildman–Crippen MR) is 182 cm³/mol. The van der Waals surface area contributed by atoms with Crippen LogP contribution in [0, 0.1) is 11.8 Å². The molecule has 3 aliphatic rings. The molecule has 10 heteroatoms. The van der Waals surface area contributed by atoms with Crippen LogP contribution in [0.15, 0.2) is 79.9 Å². The van der Waals surface area contributed by atoms with Crippen molar-refractivity contribution in [3.05, 3.63) is 84.9 Å². The first-order valence-electron chi connectivity index (χ1n) is 15.2. The van der Waals surface area contributed by atoms with Crippen molar-refractivity contribution in [3.63, 3.8) is 0 Å². The van der Waals surface area contributed by atoms with Crippen LogP contribution in [0.3, 0.4) is 0 Å². The average Bonchev–Trinajstić information content (AvgIpc) is 3.62. The lowest BCUT2D eigenvalue weighted by Gasteiger charge is -2.38. The second-order valence-corrected chi connectivity index (χ2v) is 14.7. The molecule has 1 N–H and O–H groups in total. The summed E-state index contributed by atoms with van der Waals surface area (Å²) in [6.45, 7) is 8.85. The van der Waals surface area contributed by atoms with Crippen LogP contribution in [-0.4, -0.2) is 74.8 Å². The average molecular weight is 701 g/mol. The molecule has 1 spiro atoms. The Hall–Kier alpha value is -2.59. The fourth-order valence-electron chi connectivity index (χ4n) is 7.17. The van der Waals surface area contributed by atoms with Gasteiger partial charge in [-0.2, -0.15) is 0 Å². The third-order valence-corrected chi connectivity index (χ3v) is 12.5. The molecule has 3 saturated heterocycles. The van der Waals surface area contributed by atoms with E-state index in [1.807, 2.05) is 42.5 Å². The first-order valence-corrected chi connectivity index (χ1v) is 17.4. The van der Waals surface area contributed by atoms with E-state index in [0.29, 0.717) is 43.1 Å². The highest BCUT2D eigenvalue weighted by molar-refractivity contribution is 9.09. The molecule has 7 nitrogen and oxygen atoms in total. The van der Waals surface area contributed by atoms with Gasteiger partial charge in [0.15, 0.2) is 0 Å². The molecular weight excluding hydrogens is 662 g/mol. The van der Waals surface area contributed by atoms with Crippen molar-refractivity contribution in [3.8, 4) is 0 Å². The predicted octanol–water partition coefficient (Wildman–Crippen LogP) is 6.10. The van der Waals surface area contributed by atoms with Gasteiger partial charge in [0, 0.05) is 42.0 Å². The van der Waals surface area contributed by atoms with Crippen LogP contribution in [0.25, 0.3) is 0 Å². The number of hydrogen-bond acceptors (Lipinski definition) is 5. The minimum absolute atomic E-state index is 0.0418. The molecule has 0 saturated carbocycles. The monoisotopic (exact) mass is 699 g/mol. The Morgan fingerprint density at radius 1 is 1.00 bits per heavy atom. The number of alkyl halides is 1. The third-order valence-electron chi connectivity index (χ3n) is 8.98. The Bertz CT molecular complexity index is 1400. The van der Waals surface area contributed by atoms with E-state index in [1.54, 1.807) is 50.7 Å². The zero-order valence-corrected chi connectivity index (χ0v) is 27.9. The summed E-state index contributed by atoms with van der Waals surface area (Å²) in [5.41, 5.74) is 1.32. The minimum atomic E-state index is -0.782. The molecule has 3 heterocycles. The lowest BCUT2D eigenvalue weighted by molar-refractivity contribution is -0.139.